The van der Waals surface area contributed by atoms with Crippen LogP contribution >= 0.6 is 12.2 Å². The van der Waals surface area contributed by atoms with Gasteiger partial charge in [-0.15, -0.1) is 0 Å². The number of furan rings is 1. The van der Waals surface area contributed by atoms with Gasteiger partial charge in [-0.3, -0.25) is 9.59 Å². The largest absolute Gasteiger partial charge is 0.467 e. The first kappa shape index (κ1) is 20.3. The van der Waals surface area contributed by atoms with Crippen molar-refractivity contribution in [2.45, 2.75) is 19.9 Å². The molecule has 0 saturated heterocycles. The standard InChI is InChI=1S/C22H21N3O3S/c1-15-7-2-3-8-16(15)13-20(26)25-22(29)24-19-11-5-4-10-18(19)21(27)23-14-17-9-6-12-28-17/h2-12H,13-14H2,1H3,(H,23,27)(H2,24,25,26,29). The monoisotopic (exact) mass is 407 g/mol. The number of carbonyl (C=O) groups excluding carboxylic acids is 2. The third-order valence-corrected chi connectivity index (χ3v) is 4.49. The van der Waals surface area contributed by atoms with Gasteiger partial charge < -0.3 is 20.4 Å². The van der Waals surface area contributed by atoms with E-state index in [1.165, 1.54) is 0 Å². The van der Waals surface area contributed by atoms with Gasteiger partial charge in [0.15, 0.2) is 5.11 Å². The molecule has 0 spiro atoms. The Hall–Kier alpha value is -3.45. The Morgan fingerprint density at radius 3 is 2.52 bits per heavy atom. The first-order valence-electron chi connectivity index (χ1n) is 9.08. The molecule has 0 aliphatic rings. The molecule has 3 rings (SSSR count). The lowest BCUT2D eigenvalue weighted by atomic mass is 10.1. The van der Waals surface area contributed by atoms with E-state index in [0.717, 1.165) is 11.1 Å². The lowest BCUT2D eigenvalue weighted by molar-refractivity contribution is -0.119. The van der Waals surface area contributed by atoms with Crippen LogP contribution in [0.3, 0.4) is 0 Å². The molecule has 2 aromatic carbocycles. The fraction of sp³-hybridized carbons (Fsp3) is 0.136. The molecule has 2 amide bonds. The maximum absolute atomic E-state index is 12.5. The van der Waals surface area contributed by atoms with Crippen molar-refractivity contribution >= 4 is 34.8 Å². The maximum Gasteiger partial charge on any atom is 0.253 e. The summed E-state index contributed by atoms with van der Waals surface area (Å²) < 4.78 is 5.22. The fourth-order valence-corrected chi connectivity index (χ4v) is 3.00. The van der Waals surface area contributed by atoms with Gasteiger partial charge in [-0.1, -0.05) is 36.4 Å². The fourth-order valence-electron chi connectivity index (χ4n) is 2.77. The van der Waals surface area contributed by atoms with Crippen molar-refractivity contribution in [2.24, 2.45) is 0 Å². The molecule has 0 saturated carbocycles. The summed E-state index contributed by atoms with van der Waals surface area (Å²) in [5.41, 5.74) is 2.89. The molecule has 0 fully saturated rings. The second-order valence-electron chi connectivity index (χ2n) is 6.41. The molecule has 29 heavy (non-hydrogen) atoms. The SMILES string of the molecule is Cc1ccccc1CC(=O)NC(=S)Nc1ccccc1C(=O)NCc1ccco1. The van der Waals surface area contributed by atoms with E-state index in [-0.39, 0.29) is 29.9 Å². The zero-order chi connectivity index (χ0) is 20.6. The average Bonchev–Trinajstić information content (AvgIpc) is 3.22. The van der Waals surface area contributed by atoms with Crippen LogP contribution in [0.1, 0.15) is 27.2 Å². The molecule has 6 nitrogen and oxygen atoms in total. The van der Waals surface area contributed by atoms with E-state index in [0.29, 0.717) is 17.0 Å². The molecule has 0 unspecified atom stereocenters. The van der Waals surface area contributed by atoms with Crippen molar-refractivity contribution in [1.82, 2.24) is 10.6 Å². The number of benzene rings is 2. The molecular weight excluding hydrogens is 386 g/mol. The highest BCUT2D eigenvalue weighted by molar-refractivity contribution is 7.80. The van der Waals surface area contributed by atoms with Crippen molar-refractivity contribution in [2.75, 3.05) is 5.32 Å². The smallest absolute Gasteiger partial charge is 0.253 e. The molecule has 0 atom stereocenters. The highest BCUT2D eigenvalue weighted by atomic mass is 32.1. The predicted octanol–water partition coefficient (Wildman–Crippen LogP) is 3.57. The van der Waals surface area contributed by atoms with E-state index >= 15 is 0 Å². The number of hydrogen-bond donors (Lipinski definition) is 3. The summed E-state index contributed by atoms with van der Waals surface area (Å²) in [6.45, 7) is 2.23. The van der Waals surface area contributed by atoms with E-state index in [1.807, 2.05) is 31.2 Å². The highest BCUT2D eigenvalue weighted by Gasteiger charge is 2.13. The van der Waals surface area contributed by atoms with E-state index in [4.69, 9.17) is 16.6 Å². The molecule has 3 aromatic rings. The number of thiocarbonyl (C=S) groups is 1. The molecule has 7 heteroatoms. The minimum atomic E-state index is -0.279. The zero-order valence-electron chi connectivity index (χ0n) is 15.9. The van der Waals surface area contributed by atoms with Gasteiger partial charge in [0.25, 0.3) is 5.91 Å². The molecule has 1 heterocycles. The summed E-state index contributed by atoms with van der Waals surface area (Å²) in [5.74, 6) is 0.151. The van der Waals surface area contributed by atoms with Crippen LogP contribution in [-0.2, 0) is 17.8 Å². The van der Waals surface area contributed by atoms with Gasteiger partial charge in [0.05, 0.1) is 30.5 Å². The Morgan fingerprint density at radius 2 is 1.76 bits per heavy atom. The summed E-state index contributed by atoms with van der Waals surface area (Å²) in [6.07, 6.45) is 1.77. The predicted molar refractivity (Wildman–Crippen MR) is 116 cm³/mol. The minimum absolute atomic E-state index is 0.134. The van der Waals surface area contributed by atoms with Crippen LogP contribution in [0.5, 0.6) is 0 Å². The summed E-state index contributed by atoms with van der Waals surface area (Å²) >= 11 is 5.25. The third kappa shape index (κ3) is 5.76. The number of aryl methyl sites for hydroxylation is 1. The van der Waals surface area contributed by atoms with Gasteiger partial charge in [0, 0.05) is 0 Å². The van der Waals surface area contributed by atoms with Crippen LogP contribution in [0.25, 0.3) is 0 Å². The van der Waals surface area contributed by atoms with E-state index < -0.39 is 0 Å². The van der Waals surface area contributed by atoms with Gasteiger partial charge in [-0.2, -0.15) is 0 Å². The number of rotatable bonds is 6. The van der Waals surface area contributed by atoms with Crippen molar-refractivity contribution in [1.29, 1.82) is 0 Å². The Bertz CT molecular complexity index is 1020. The van der Waals surface area contributed by atoms with Crippen LogP contribution in [0.15, 0.2) is 71.3 Å². The van der Waals surface area contributed by atoms with Crippen molar-refractivity contribution in [3.63, 3.8) is 0 Å². The number of amides is 2. The number of para-hydroxylation sites is 1. The Balaban J connectivity index is 1.59. The van der Waals surface area contributed by atoms with E-state index in [2.05, 4.69) is 16.0 Å². The molecular formula is C22H21N3O3S. The summed E-state index contributed by atoms with van der Waals surface area (Å²) in [4.78, 5) is 24.8. The van der Waals surface area contributed by atoms with Crippen LogP contribution in [-0.4, -0.2) is 16.9 Å². The quantitative estimate of drug-likeness (QED) is 0.544. The van der Waals surface area contributed by atoms with Crippen molar-refractivity contribution in [3.8, 4) is 0 Å². The van der Waals surface area contributed by atoms with Crippen molar-refractivity contribution in [3.05, 3.63) is 89.4 Å². The van der Waals surface area contributed by atoms with Gasteiger partial charge in [-0.25, -0.2) is 0 Å². The van der Waals surface area contributed by atoms with Crippen LogP contribution < -0.4 is 16.0 Å². The zero-order valence-corrected chi connectivity index (χ0v) is 16.7. The lowest BCUT2D eigenvalue weighted by Crippen LogP contribution is -2.36. The summed E-state index contributed by atoms with van der Waals surface area (Å²) in [7, 11) is 0. The van der Waals surface area contributed by atoms with Crippen LogP contribution in [0, 0.1) is 6.92 Å². The van der Waals surface area contributed by atoms with E-state index in [1.54, 1.807) is 42.7 Å². The number of nitrogens with one attached hydrogen (secondary N) is 3. The van der Waals surface area contributed by atoms with E-state index in [9.17, 15) is 9.59 Å². The van der Waals surface area contributed by atoms with Gasteiger partial charge >= 0.3 is 0 Å². The topological polar surface area (TPSA) is 83.4 Å². The summed E-state index contributed by atoms with van der Waals surface area (Å²) in [5, 5.41) is 8.52. The minimum Gasteiger partial charge on any atom is -0.467 e. The Morgan fingerprint density at radius 1 is 1.00 bits per heavy atom. The summed E-state index contributed by atoms with van der Waals surface area (Å²) in [6, 6.07) is 18.2. The molecule has 0 aliphatic heterocycles. The van der Waals surface area contributed by atoms with Gasteiger partial charge in [0.1, 0.15) is 5.76 Å². The molecule has 0 bridgehead atoms. The second kappa shape index (κ2) is 9.66. The normalized spacial score (nSPS) is 10.2. The number of carbonyl (C=O) groups is 2. The van der Waals surface area contributed by atoms with Crippen LogP contribution in [0.2, 0.25) is 0 Å². The number of hydrogen-bond acceptors (Lipinski definition) is 4. The third-order valence-electron chi connectivity index (χ3n) is 4.29. The molecule has 0 radical (unpaired) electrons. The Kier molecular flexibility index (Phi) is 6.76. The molecule has 3 N–H and O–H groups in total. The van der Waals surface area contributed by atoms with Gasteiger partial charge in [-0.05, 0) is 54.5 Å². The second-order valence-corrected chi connectivity index (χ2v) is 6.82. The van der Waals surface area contributed by atoms with Crippen molar-refractivity contribution < 1.29 is 14.0 Å². The highest BCUT2D eigenvalue weighted by Crippen LogP contribution is 2.15. The van der Waals surface area contributed by atoms with Gasteiger partial charge in [0.2, 0.25) is 5.91 Å². The maximum atomic E-state index is 12.5. The number of anilines is 1. The van der Waals surface area contributed by atoms with Crippen LogP contribution in [0.4, 0.5) is 5.69 Å². The molecule has 1 aromatic heterocycles. The average molecular weight is 407 g/mol. The Labute approximate surface area is 174 Å². The lowest BCUT2D eigenvalue weighted by Gasteiger charge is -2.13. The first-order valence-corrected chi connectivity index (χ1v) is 9.48. The molecule has 0 aliphatic carbocycles. The molecule has 148 valence electrons. The first-order chi connectivity index (χ1) is 14.0.